The van der Waals surface area contributed by atoms with Crippen molar-refractivity contribution >= 4 is 19.7 Å². The molecule has 0 unspecified atom stereocenters. The zero-order chi connectivity index (χ0) is 14.6. The third-order valence-corrected chi connectivity index (χ3v) is 4.00. The summed E-state index contributed by atoms with van der Waals surface area (Å²) in [4.78, 5) is -0.354. The van der Waals surface area contributed by atoms with Crippen molar-refractivity contribution in [2.45, 2.75) is 11.3 Å². The topological polar surface area (TPSA) is 43.4 Å². The molecule has 2 aromatic carbocycles. The first-order valence-corrected chi connectivity index (χ1v) is 8.19. The van der Waals surface area contributed by atoms with Crippen LogP contribution in [0.5, 0.6) is 5.75 Å². The van der Waals surface area contributed by atoms with Crippen LogP contribution in [0.1, 0.15) is 5.56 Å². The van der Waals surface area contributed by atoms with E-state index in [-0.39, 0.29) is 17.3 Å². The van der Waals surface area contributed by atoms with Crippen molar-refractivity contribution in [1.82, 2.24) is 0 Å². The molecule has 3 nitrogen and oxygen atoms in total. The molecule has 0 fully saturated rings. The molecule has 0 heterocycles. The molecule has 0 radical (unpaired) electrons. The van der Waals surface area contributed by atoms with E-state index >= 15 is 0 Å². The fraction of sp³-hybridized carbons (Fsp3) is 0.143. The van der Waals surface area contributed by atoms with Crippen LogP contribution in [-0.2, 0) is 15.5 Å². The van der Waals surface area contributed by atoms with E-state index in [2.05, 4.69) is 0 Å². The maximum atomic E-state index is 13.1. The monoisotopic (exact) mass is 314 g/mol. The Morgan fingerprint density at radius 1 is 1.10 bits per heavy atom. The molecule has 20 heavy (non-hydrogen) atoms. The summed E-state index contributed by atoms with van der Waals surface area (Å²) < 4.78 is 41.2. The quantitative estimate of drug-likeness (QED) is 0.795. The van der Waals surface area contributed by atoms with Crippen LogP contribution < -0.4 is 4.74 Å². The zero-order valence-electron chi connectivity index (χ0n) is 10.4. The Balaban J connectivity index is 2.10. The lowest BCUT2D eigenvalue weighted by Crippen LogP contribution is -2.05. The Labute approximate surface area is 121 Å². The highest BCUT2D eigenvalue weighted by molar-refractivity contribution is 8.13. The van der Waals surface area contributed by atoms with Crippen molar-refractivity contribution in [3.63, 3.8) is 0 Å². The van der Waals surface area contributed by atoms with E-state index in [1.165, 1.54) is 6.07 Å². The largest absolute Gasteiger partial charge is 0.492 e. The van der Waals surface area contributed by atoms with Gasteiger partial charge in [-0.1, -0.05) is 30.3 Å². The highest BCUT2D eigenvalue weighted by Gasteiger charge is 2.18. The second kappa shape index (κ2) is 6.24. The summed E-state index contributed by atoms with van der Waals surface area (Å²) >= 11 is 0. The summed E-state index contributed by atoms with van der Waals surface area (Å²) in [5.41, 5.74) is 1.06. The molecule has 0 aliphatic rings. The Morgan fingerprint density at radius 3 is 2.45 bits per heavy atom. The summed E-state index contributed by atoms with van der Waals surface area (Å²) in [5.74, 6) is -0.628. The van der Waals surface area contributed by atoms with Crippen molar-refractivity contribution in [2.75, 3.05) is 6.61 Å². The van der Waals surface area contributed by atoms with Crippen molar-refractivity contribution in [1.29, 1.82) is 0 Å². The summed E-state index contributed by atoms with van der Waals surface area (Å²) in [6.07, 6.45) is 0.611. The molecular weight excluding hydrogens is 303 g/mol. The molecule has 0 N–H and O–H groups in total. The SMILES string of the molecule is O=S(=O)(Cl)c1cc(F)ccc1OCCc1ccccc1. The fourth-order valence-corrected chi connectivity index (χ4v) is 2.70. The van der Waals surface area contributed by atoms with E-state index < -0.39 is 14.9 Å². The molecule has 2 rings (SSSR count). The van der Waals surface area contributed by atoms with Gasteiger partial charge in [0.15, 0.2) is 0 Å². The highest BCUT2D eigenvalue weighted by Crippen LogP contribution is 2.27. The van der Waals surface area contributed by atoms with E-state index in [4.69, 9.17) is 15.4 Å². The van der Waals surface area contributed by atoms with Gasteiger partial charge in [0.2, 0.25) is 0 Å². The van der Waals surface area contributed by atoms with Gasteiger partial charge >= 0.3 is 0 Å². The predicted molar refractivity (Wildman–Crippen MR) is 75.1 cm³/mol. The molecule has 0 aliphatic carbocycles. The lowest BCUT2D eigenvalue weighted by molar-refractivity contribution is 0.313. The first kappa shape index (κ1) is 14.8. The summed E-state index contributed by atoms with van der Waals surface area (Å²) in [6, 6.07) is 12.8. The van der Waals surface area contributed by atoms with Crippen LogP contribution in [0.3, 0.4) is 0 Å². The molecule has 0 saturated carbocycles. The van der Waals surface area contributed by atoms with Crippen LogP contribution in [0.25, 0.3) is 0 Å². The number of benzene rings is 2. The van der Waals surface area contributed by atoms with Crippen molar-refractivity contribution in [2.24, 2.45) is 0 Å². The summed E-state index contributed by atoms with van der Waals surface area (Å²) in [7, 11) is 1.21. The molecule has 0 aliphatic heterocycles. The maximum Gasteiger partial charge on any atom is 0.265 e. The molecule has 2 aromatic rings. The Bertz CT molecular complexity index is 687. The van der Waals surface area contributed by atoms with Gasteiger partial charge in [-0.15, -0.1) is 0 Å². The van der Waals surface area contributed by atoms with Crippen LogP contribution >= 0.6 is 10.7 Å². The molecule has 0 aromatic heterocycles. The van der Waals surface area contributed by atoms with Crippen LogP contribution in [0, 0.1) is 5.82 Å². The average Bonchev–Trinajstić information content (AvgIpc) is 2.40. The Hall–Kier alpha value is -1.59. The standard InChI is InChI=1S/C14H12ClFO3S/c15-20(17,18)14-10-12(16)6-7-13(14)19-9-8-11-4-2-1-3-5-11/h1-7,10H,8-9H2. The minimum absolute atomic E-state index is 0.0531. The lowest BCUT2D eigenvalue weighted by Gasteiger charge is -2.09. The van der Waals surface area contributed by atoms with E-state index in [1.54, 1.807) is 0 Å². The lowest BCUT2D eigenvalue weighted by atomic mass is 10.2. The molecule has 106 valence electrons. The average molecular weight is 315 g/mol. The van der Waals surface area contributed by atoms with Gasteiger partial charge in [0, 0.05) is 17.1 Å². The smallest absolute Gasteiger partial charge is 0.265 e. The van der Waals surface area contributed by atoms with Gasteiger partial charge in [0.25, 0.3) is 9.05 Å². The van der Waals surface area contributed by atoms with Gasteiger partial charge < -0.3 is 4.74 Å². The summed E-state index contributed by atoms with van der Waals surface area (Å²) in [6.45, 7) is 0.273. The van der Waals surface area contributed by atoms with Crippen LogP contribution in [0.4, 0.5) is 4.39 Å². The van der Waals surface area contributed by atoms with Crippen LogP contribution in [0.2, 0.25) is 0 Å². The third-order valence-electron chi connectivity index (χ3n) is 2.66. The van der Waals surface area contributed by atoms with Gasteiger partial charge in [-0.25, -0.2) is 12.8 Å². The van der Waals surface area contributed by atoms with Gasteiger partial charge in [-0.3, -0.25) is 0 Å². The molecule has 0 atom stereocenters. The van der Waals surface area contributed by atoms with Crippen molar-refractivity contribution in [3.8, 4) is 5.75 Å². The van der Waals surface area contributed by atoms with Gasteiger partial charge in [-0.05, 0) is 23.8 Å². The first-order chi connectivity index (χ1) is 9.47. The Kier molecular flexibility index (Phi) is 4.62. The number of hydrogen-bond acceptors (Lipinski definition) is 3. The van der Waals surface area contributed by atoms with Crippen LogP contribution in [-0.4, -0.2) is 15.0 Å². The second-order valence-corrected chi connectivity index (χ2v) is 6.65. The Morgan fingerprint density at radius 2 is 1.80 bits per heavy atom. The highest BCUT2D eigenvalue weighted by atomic mass is 35.7. The maximum absolute atomic E-state index is 13.1. The predicted octanol–water partition coefficient (Wildman–Crippen LogP) is 3.37. The van der Waals surface area contributed by atoms with E-state index in [9.17, 15) is 12.8 Å². The van der Waals surface area contributed by atoms with Gasteiger partial charge in [0.05, 0.1) is 6.61 Å². The minimum Gasteiger partial charge on any atom is -0.492 e. The van der Waals surface area contributed by atoms with E-state index in [1.807, 2.05) is 30.3 Å². The number of rotatable bonds is 5. The number of ether oxygens (including phenoxy) is 1. The molecule has 0 amide bonds. The molecule has 0 spiro atoms. The molecule has 0 saturated heterocycles. The number of halogens is 2. The second-order valence-electron chi connectivity index (χ2n) is 4.11. The third kappa shape index (κ3) is 3.95. The number of hydrogen-bond donors (Lipinski definition) is 0. The van der Waals surface area contributed by atoms with E-state index in [0.29, 0.717) is 6.42 Å². The fourth-order valence-electron chi connectivity index (χ4n) is 1.72. The molecule has 0 bridgehead atoms. The molecular formula is C14H12ClFO3S. The normalized spacial score (nSPS) is 11.3. The van der Waals surface area contributed by atoms with E-state index in [0.717, 1.165) is 17.7 Å². The van der Waals surface area contributed by atoms with Crippen molar-refractivity contribution in [3.05, 3.63) is 59.9 Å². The van der Waals surface area contributed by atoms with Gasteiger partial charge in [-0.2, -0.15) is 0 Å². The van der Waals surface area contributed by atoms with Crippen LogP contribution in [0.15, 0.2) is 53.4 Å². The zero-order valence-corrected chi connectivity index (χ0v) is 12.0. The van der Waals surface area contributed by atoms with Gasteiger partial charge in [0.1, 0.15) is 16.5 Å². The molecule has 6 heteroatoms. The minimum atomic E-state index is -4.04. The van der Waals surface area contributed by atoms with Crippen molar-refractivity contribution < 1.29 is 17.5 Å². The first-order valence-electron chi connectivity index (χ1n) is 5.88. The summed E-state index contributed by atoms with van der Waals surface area (Å²) in [5, 5.41) is 0.